The van der Waals surface area contributed by atoms with Gasteiger partial charge in [-0.25, -0.2) is 4.79 Å². The molecule has 0 bridgehead atoms. The highest BCUT2D eigenvalue weighted by Crippen LogP contribution is 2.46. The number of amides is 2. The van der Waals surface area contributed by atoms with Gasteiger partial charge >= 0.3 is 6.09 Å². The van der Waals surface area contributed by atoms with Crippen molar-refractivity contribution in [2.45, 2.75) is 65.8 Å². The number of nitrogens with zero attached hydrogens (tertiary/aromatic N) is 4. The topological polar surface area (TPSA) is 124 Å². The van der Waals surface area contributed by atoms with E-state index < -0.39 is 11.5 Å². The number of hydrogen-bond donors (Lipinski definition) is 1. The van der Waals surface area contributed by atoms with E-state index in [-0.39, 0.29) is 44.9 Å². The molecule has 14 heteroatoms. The molecule has 3 heterocycles. The maximum atomic E-state index is 14.1. The number of halogens is 2. The maximum Gasteiger partial charge on any atom is 0.410 e. The average molecular weight is 767 g/mol. The van der Waals surface area contributed by atoms with Crippen molar-refractivity contribution in [3.63, 3.8) is 0 Å². The molecule has 2 aromatic carbocycles. The van der Waals surface area contributed by atoms with Gasteiger partial charge in [-0.3, -0.25) is 19.5 Å². The Morgan fingerprint density at radius 3 is 2.08 bits per heavy atom. The molecule has 0 unspecified atom stereocenters. The highest BCUT2D eigenvalue weighted by molar-refractivity contribution is 6.41. The van der Waals surface area contributed by atoms with Gasteiger partial charge in [0.1, 0.15) is 22.8 Å². The van der Waals surface area contributed by atoms with Crippen LogP contribution in [0.25, 0.3) is 33.3 Å². The second kappa shape index (κ2) is 15.6. The molecule has 5 rings (SSSR count). The number of fused-ring (bicyclic) bond motifs is 1. The van der Waals surface area contributed by atoms with Crippen LogP contribution in [0.4, 0.5) is 16.2 Å². The fourth-order valence-corrected chi connectivity index (χ4v) is 7.42. The predicted molar refractivity (Wildman–Crippen MR) is 210 cm³/mol. The van der Waals surface area contributed by atoms with Crippen molar-refractivity contribution in [1.82, 2.24) is 14.5 Å². The first kappa shape index (κ1) is 39.3. The summed E-state index contributed by atoms with van der Waals surface area (Å²) in [6, 6.07) is 8.30. The molecule has 1 aliphatic rings. The highest BCUT2D eigenvalue weighted by Gasteiger charge is 2.37. The first-order chi connectivity index (χ1) is 25.1. The van der Waals surface area contributed by atoms with Crippen molar-refractivity contribution in [1.29, 1.82) is 0 Å². The van der Waals surface area contributed by atoms with Gasteiger partial charge in [0, 0.05) is 54.5 Å². The summed E-state index contributed by atoms with van der Waals surface area (Å²) in [6.45, 7) is 16.2. The molecular formula is C39H45Cl2N5O7. The largest absolute Gasteiger partial charge is 0.496 e. The van der Waals surface area contributed by atoms with Crippen LogP contribution in [0, 0.1) is 0 Å². The minimum Gasteiger partial charge on any atom is -0.496 e. The molecule has 0 saturated carbocycles. The molecule has 53 heavy (non-hydrogen) atoms. The molecule has 2 atom stereocenters. The summed E-state index contributed by atoms with van der Waals surface area (Å²) in [5.74, 6) is 0.703. The lowest BCUT2D eigenvalue weighted by Gasteiger charge is -2.45. The van der Waals surface area contributed by atoms with Crippen molar-refractivity contribution in [2.75, 3.05) is 44.6 Å². The molecule has 4 aromatic rings. The number of hydrogen-bond acceptors (Lipinski definition) is 9. The fourth-order valence-electron chi connectivity index (χ4n) is 6.71. The summed E-state index contributed by atoms with van der Waals surface area (Å²) in [4.78, 5) is 48.6. The van der Waals surface area contributed by atoms with Crippen LogP contribution < -0.4 is 30.0 Å². The van der Waals surface area contributed by atoms with Crippen molar-refractivity contribution in [3.8, 4) is 39.6 Å². The number of aryl methyl sites for hydroxylation is 1. The Kier molecular flexibility index (Phi) is 11.5. The van der Waals surface area contributed by atoms with Crippen LogP contribution in [-0.2, 0) is 16.1 Å². The highest BCUT2D eigenvalue weighted by atomic mass is 35.5. The summed E-state index contributed by atoms with van der Waals surface area (Å²) in [5.41, 5.74) is 2.47. The number of piperazine rings is 1. The number of methoxy groups -OCH3 is 3. The number of ether oxygens (including phenoxy) is 4. The van der Waals surface area contributed by atoms with Gasteiger partial charge in [0.05, 0.1) is 71.6 Å². The molecule has 2 amide bonds. The molecule has 1 fully saturated rings. The van der Waals surface area contributed by atoms with E-state index >= 15 is 0 Å². The van der Waals surface area contributed by atoms with Crippen LogP contribution in [0.3, 0.4) is 0 Å². The van der Waals surface area contributed by atoms with Crippen molar-refractivity contribution in [2.24, 2.45) is 0 Å². The van der Waals surface area contributed by atoms with Crippen molar-refractivity contribution < 1.29 is 28.5 Å². The Morgan fingerprint density at radius 2 is 1.55 bits per heavy atom. The van der Waals surface area contributed by atoms with Gasteiger partial charge in [-0.15, -0.1) is 0 Å². The lowest BCUT2D eigenvalue weighted by atomic mass is 10.0. The molecule has 1 aliphatic heterocycles. The lowest BCUT2D eigenvalue weighted by Crippen LogP contribution is -2.59. The molecule has 282 valence electrons. The third-order valence-electron chi connectivity index (χ3n) is 9.04. The minimum atomic E-state index is -0.630. The summed E-state index contributed by atoms with van der Waals surface area (Å²) in [7, 11) is 4.50. The Labute approximate surface area is 319 Å². The lowest BCUT2D eigenvalue weighted by molar-refractivity contribution is -0.111. The third-order valence-corrected chi connectivity index (χ3v) is 9.79. The van der Waals surface area contributed by atoms with E-state index in [2.05, 4.69) is 16.8 Å². The molecule has 1 saturated heterocycles. The van der Waals surface area contributed by atoms with Gasteiger partial charge in [0.15, 0.2) is 0 Å². The van der Waals surface area contributed by atoms with Gasteiger partial charge in [0.25, 0.3) is 5.56 Å². The number of carbonyl (C=O) groups excluding carboxylic acids is 2. The van der Waals surface area contributed by atoms with Gasteiger partial charge in [-0.1, -0.05) is 29.8 Å². The Balaban J connectivity index is 1.63. The predicted octanol–water partition coefficient (Wildman–Crippen LogP) is 8.04. The van der Waals surface area contributed by atoms with E-state index in [0.717, 1.165) is 0 Å². The van der Waals surface area contributed by atoms with Gasteiger partial charge in [-0.2, -0.15) is 0 Å². The van der Waals surface area contributed by atoms with Gasteiger partial charge in [0.2, 0.25) is 5.91 Å². The van der Waals surface area contributed by atoms with E-state index in [0.29, 0.717) is 70.4 Å². The number of anilines is 2. The molecule has 0 spiro atoms. The zero-order valence-electron chi connectivity index (χ0n) is 31.4. The maximum absolute atomic E-state index is 14.1. The standard InChI is InChI=1S/C39H45Cl2N5O7/c1-11-33(47)43-27-14-24(30(50-8)16-29(27)44-19-21(3)46(22(4)20-44)38(49)53-39(5,6)7)26-15-28-23(18-42-26)13-25(37(48)45(28)12-2)34-35(40)31(51-9)17-32(52-10)36(34)41/h11,13-18,21-22H,1,12,19-20H2,2-10H3,(H,43,47)/t21-,22+. The molecular weight excluding hydrogens is 721 g/mol. The summed E-state index contributed by atoms with van der Waals surface area (Å²) < 4.78 is 24.1. The van der Waals surface area contributed by atoms with Crippen LogP contribution in [0.15, 0.2) is 54.0 Å². The Bertz CT molecular complexity index is 2110. The normalized spacial score (nSPS) is 16.0. The van der Waals surface area contributed by atoms with Crippen LogP contribution in [-0.4, -0.2) is 78.6 Å². The molecule has 0 radical (unpaired) electrons. The van der Waals surface area contributed by atoms with Gasteiger partial charge in [-0.05, 0) is 65.8 Å². The number of aromatic nitrogens is 2. The van der Waals surface area contributed by atoms with Crippen LogP contribution >= 0.6 is 23.2 Å². The smallest absolute Gasteiger partial charge is 0.410 e. The second-order valence-electron chi connectivity index (χ2n) is 13.8. The molecule has 0 aliphatic carbocycles. The summed E-state index contributed by atoms with van der Waals surface area (Å²) >= 11 is 13.4. The summed E-state index contributed by atoms with van der Waals surface area (Å²) in [6.07, 6.45) is 2.48. The van der Waals surface area contributed by atoms with E-state index in [9.17, 15) is 14.4 Å². The number of benzene rings is 2. The number of pyridine rings is 2. The monoisotopic (exact) mass is 765 g/mol. The first-order valence-electron chi connectivity index (χ1n) is 17.1. The summed E-state index contributed by atoms with van der Waals surface area (Å²) in [5, 5.41) is 3.96. The molecule has 12 nitrogen and oxygen atoms in total. The minimum absolute atomic E-state index is 0.177. The van der Waals surface area contributed by atoms with E-state index in [4.69, 9.17) is 47.1 Å². The third kappa shape index (κ3) is 7.75. The number of rotatable bonds is 9. The molecule has 1 N–H and O–H groups in total. The first-order valence-corrected chi connectivity index (χ1v) is 17.9. The van der Waals surface area contributed by atoms with Gasteiger partial charge < -0.3 is 33.7 Å². The van der Waals surface area contributed by atoms with E-state index in [1.54, 1.807) is 47.0 Å². The van der Waals surface area contributed by atoms with Crippen molar-refractivity contribution in [3.05, 3.63) is 69.6 Å². The van der Waals surface area contributed by atoms with Crippen LogP contribution in [0.1, 0.15) is 41.5 Å². The van der Waals surface area contributed by atoms with Crippen molar-refractivity contribution >= 4 is 57.5 Å². The second-order valence-corrected chi connectivity index (χ2v) is 14.5. The average Bonchev–Trinajstić information content (AvgIpc) is 3.10. The zero-order valence-corrected chi connectivity index (χ0v) is 32.9. The SMILES string of the molecule is C=CC(=O)Nc1cc(-c2cc3c(cn2)cc(-c2c(Cl)c(OC)cc(OC)c2Cl)c(=O)n3CC)c(OC)cc1N1C[C@@H](C)N(C(=O)OC(C)(C)C)[C@@H](C)C1. The Morgan fingerprint density at radius 1 is 0.943 bits per heavy atom. The number of carbonyl (C=O) groups is 2. The number of nitrogens with one attached hydrogen (secondary N) is 1. The zero-order chi connectivity index (χ0) is 38.9. The van der Waals surface area contributed by atoms with E-state index in [1.165, 1.54) is 20.3 Å². The van der Waals surface area contributed by atoms with Crippen LogP contribution in [0.2, 0.25) is 10.0 Å². The van der Waals surface area contributed by atoms with Crippen LogP contribution in [0.5, 0.6) is 17.2 Å². The Hall–Kier alpha value is -4.94. The molecule has 2 aromatic heterocycles. The fraction of sp³-hybridized carbons (Fsp3) is 0.385. The quantitative estimate of drug-likeness (QED) is 0.169. The van der Waals surface area contributed by atoms with E-state index in [1.807, 2.05) is 47.6 Å².